The highest BCUT2D eigenvalue weighted by atomic mass is 16.5. The van der Waals surface area contributed by atoms with E-state index in [1.807, 2.05) is 12.1 Å². The number of piperazine rings is 1. The van der Waals surface area contributed by atoms with Gasteiger partial charge >= 0.3 is 0 Å². The second-order valence-electron chi connectivity index (χ2n) is 5.12. The van der Waals surface area contributed by atoms with Crippen molar-refractivity contribution in [1.29, 1.82) is 0 Å². The summed E-state index contributed by atoms with van der Waals surface area (Å²) in [4.78, 5) is 16.1. The van der Waals surface area contributed by atoms with Gasteiger partial charge in [0.1, 0.15) is 0 Å². The predicted molar refractivity (Wildman–Crippen MR) is 67.9 cm³/mol. The Morgan fingerprint density at radius 2 is 2.00 bits per heavy atom. The van der Waals surface area contributed by atoms with Crippen LogP contribution in [0.5, 0.6) is 0 Å². The summed E-state index contributed by atoms with van der Waals surface area (Å²) in [5, 5.41) is 8.57. The van der Waals surface area contributed by atoms with E-state index >= 15 is 0 Å². The summed E-state index contributed by atoms with van der Waals surface area (Å²) in [5.41, 5.74) is 3.28. The van der Waals surface area contributed by atoms with Gasteiger partial charge in [0.15, 0.2) is 0 Å². The van der Waals surface area contributed by atoms with Crippen molar-refractivity contribution in [3.63, 3.8) is 0 Å². The van der Waals surface area contributed by atoms with Crippen LogP contribution in [-0.2, 0) is 0 Å². The smallest absolute Gasteiger partial charge is 0.274 e. The Morgan fingerprint density at radius 1 is 1.28 bits per heavy atom. The van der Waals surface area contributed by atoms with E-state index < -0.39 is 5.91 Å². The molecule has 96 valence electrons. The predicted octanol–water partition coefficient (Wildman–Crippen LogP) is 0.698. The van der Waals surface area contributed by atoms with E-state index in [1.165, 1.54) is 6.42 Å². The van der Waals surface area contributed by atoms with Gasteiger partial charge in [-0.05, 0) is 37.7 Å². The van der Waals surface area contributed by atoms with E-state index in [9.17, 15) is 4.79 Å². The lowest BCUT2D eigenvalue weighted by atomic mass is 10.1. The Hall–Kier alpha value is -1.59. The molecule has 2 heterocycles. The molecule has 2 fully saturated rings. The van der Waals surface area contributed by atoms with Gasteiger partial charge in [0, 0.05) is 36.4 Å². The Bertz CT molecular complexity index is 458. The van der Waals surface area contributed by atoms with Crippen molar-refractivity contribution < 1.29 is 10.0 Å². The number of rotatable bonds is 2. The normalized spacial score (nSPS) is 26.7. The van der Waals surface area contributed by atoms with Crippen LogP contribution >= 0.6 is 0 Å². The topological polar surface area (TPSA) is 55.8 Å². The summed E-state index contributed by atoms with van der Waals surface area (Å²) in [5.74, 6) is -0.468. The first-order valence-corrected chi connectivity index (χ1v) is 6.20. The number of fused-ring (bicyclic) bond motifs is 2. The molecule has 1 amide bonds. The number of benzene rings is 1. The molecule has 1 aromatic rings. The van der Waals surface area contributed by atoms with Crippen molar-refractivity contribution in [2.75, 3.05) is 25.0 Å². The van der Waals surface area contributed by atoms with Gasteiger partial charge in [-0.3, -0.25) is 14.9 Å². The average Bonchev–Trinajstić information content (AvgIpc) is 2.97. The van der Waals surface area contributed by atoms with E-state index in [-0.39, 0.29) is 0 Å². The van der Waals surface area contributed by atoms with Crippen molar-refractivity contribution in [3.05, 3.63) is 29.8 Å². The molecule has 0 radical (unpaired) electrons. The SMILES string of the molecule is CN1CC2C[C@H]1CN2c1ccc(C(=O)NO)cc1. The zero-order valence-corrected chi connectivity index (χ0v) is 10.3. The average molecular weight is 247 g/mol. The van der Waals surface area contributed by atoms with Crippen LogP contribution in [0.4, 0.5) is 5.69 Å². The molecule has 2 saturated heterocycles. The molecule has 2 atom stereocenters. The van der Waals surface area contributed by atoms with Crippen LogP contribution in [0.2, 0.25) is 0 Å². The molecular weight excluding hydrogens is 230 g/mol. The lowest BCUT2D eigenvalue weighted by Crippen LogP contribution is -2.44. The van der Waals surface area contributed by atoms with Crippen LogP contribution in [0.15, 0.2) is 24.3 Å². The molecule has 1 unspecified atom stereocenters. The maximum absolute atomic E-state index is 11.2. The summed E-state index contributed by atoms with van der Waals surface area (Å²) >= 11 is 0. The zero-order valence-electron chi connectivity index (χ0n) is 10.3. The molecule has 2 bridgehead atoms. The molecule has 2 aliphatic rings. The third-order valence-electron chi connectivity index (χ3n) is 4.08. The summed E-state index contributed by atoms with van der Waals surface area (Å²) < 4.78 is 0. The number of carbonyl (C=O) groups is 1. The van der Waals surface area contributed by atoms with E-state index in [2.05, 4.69) is 16.8 Å². The van der Waals surface area contributed by atoms with Crippen LogP contribution < -0.4 is 10.4 Å². The Morgan fingerprint density at radius 3 is 2.50 bits per heavy atom. The van der Waals surface area contributed by atoms with Crippen molar-refractivity contribution in [1.82, 2.24) is 10.4 Å². The van der Waals surface area contributed by atoms with Crippen molar-refractivity contribution in [2.45, 2.75) is 18.5 Å². The van der Waals surface area contributed by atoms with Crippen LogP contribution in [0.3, 0.4) is 0 Å². The van der Waals surface area contributed by atoms with Gasteiger partial charge in [0.25, 0.3) is 5.91 Å². The van der Waals surface area contributed by atoms with Gasteiger partial charge in [0.2, 0.25) is 0 Å². The van der Waals surface area contributed by atoms with Crippen molar-refractivity contribution >= 4 is 11.6 Å². The molecule has 0 spiro atoms. The van der Waals surface area contributed by atoms with Gasteiger partial charge < -0.3 is 4.90 Å². The van der Waals surface area contributed by atoms with Gasteiger partial charge in [-0.15, -0.1) is 0 Å². The maximum atomic E-state index is 11.2. The number of anilines is 1. The third-order valence-corrected chi connectivity index (χ3v) is 4.08. The molecular formula is C13H17N3O2. The second kappa shape index (κ2) is 4.26. The largest absolute Gasteiger partial charge is 0.366 e. The number of carbonyl (C=O) groups excluding carboxylic acids is 1. The molecule has 3 rings (SSSR count). The Balaban J connectivity index is 1.76. The fourth-order valence-electron chi connectivity index (χ4n) is 3.05. The molecule has 0 aliphatic carbocycles. The van der Waals surface area contributed by atoms with Crippen molar-refractivity contribution in [3.8, 4) is 0 Å². The molecule has 2 N–H and O–H groups in total. The number of nitrogens with one attached hydrogen (secondary N) is 1. The molecule has 1 aromatic carbocycles. The molecule has 0 aromatic heterocycles. The van der Waals surface area contributed by atoms with Crippen LogP contribution in [-0.4, -0.2) is 48.2 Å². The number of hydrogen-bond donors (Lipinski definition) is 2. The Kier molecular flexibility index (Phi) is 2.72. The molecule has 5 nitrogen and oxygen atoms in total. The molecule has 2 aliphatic heterocycles. The highest BCUT2D eigenvalue weighted by Crippen LogP contribution is 2.33. The standard InChI is InChI=1S/C13H17N3O2/c1-15-7-12-6-11(15)8-16(12)10-4-2-9(3-5-10)13(17)14-18/h2-5,11-12,18H,6-8H2,1H3,(H,14,17)/t11-,12?/m0/s1. The molecule has 18 heavy (non-hydrogen) atoms. The first-order chi connectivity index (χ1) is 8.69. The second-order valence-corrected chi connectivity index (χ2v) is 5.12. The third kappa shape index (κ3) is 1.76. The van der Waals surface area contributed by atoms with Crippen LogP contribution in [0.1, 0.15) is 16.8 Å². The van der Waals surface area contributed by atoms with Gasteiger partial charge in [0.05, 0.1) is 0 Å². The van der Waals surface area contributed by atoms with Crippen molar-refractivity contribution in [2.24, 2.45) is 0 Å². The number of amides is 1. The van der Waals surface area contributed by atoms with E-state index in [1.54, 1.807) is 17.6 Å². The van der Waals surface area contributed by atoms with E-state index in [4.69, 9.17) is 5.21 Å². The number of hydrogen-bond acceptors (Lipinski definition) is 4. The summed E-state index contributed by atoms with van der Waals surface area (Å²) in [7, 11) is 2.18. The van der Waals surface area contributed by atoms with E-state index in [0.717, 1.165) is 18.8 Å². The minimum Gasteiger partial charge on any atom is -0.366 e. The number of likely N-dealkylation sites (tertiary alicyclic amines) is 1. The summed E-state index contributed by atoms with van der Waals surface area (Å²) in [6.45, 7) is 2.18. The number of likely N-dealkylation sites (N-methyl/N-ethyl adjacent to an activating group) is 1. The van der Waals surface area contributed by atoms with Gasteiger partial charge in [-0.1, -0.05) is 0 Å². The highest BCUT2D eigenvalue weighted by molar-refractivity contribution is 5.93. The van der Waals surface area contributed by atoms with Gasteiger partial charge in [-0.2, -0.15) is 0 Å². The van der Waals surface area contributed by atoms with Crippen LogP contribution in [0, 0.1) is 0 Å². The summed E-state index contributed by atoms with van der Waals surface area (Å²) in [6, 6.07) is 8.65. The highest BCUT2D eigenvalue weighted by Gasteiger charge is 2.41. The fraction of sp³-hybridized carbons (Fsp3) is 0.462. The monoisotopic (exact) mass is 247 g/mol. The lowest BCUT2D eigenvalue weighted by Gasteiger charge is -2.33. The molecule has 5 heteroatoms. The fourth-order valence-corrected chi connectivity index (χ4v) is 3.05. The van der Waals surface area contributed by atoms with Crippen LogP contribution in [0.25, 0.3) is 0 Å². The first-order valence-electron chi connectivity index (χ1n) is 6.20. The quantitative estimate of drug-likeness (QED) is 0.596. The Labute approximate surface area is 106 Å². The van der Waals surface area contributed by atoms with E-state index in [0.29, 0.717) is 17.6 Å². The zero-order chi connectivity index (χ0) is 12.7. The van der Waals surface area contributed by atoms with Gasteiger partial charge in [-0.25, -0.2) is 5.48 Å². The number of nitrogens with zero attached hydrogens (tertiary/aromatic N) is 2. The minimum atomic E-state index is -0.468. The minimum absolute atomic E-state index is 0.468. The maximum Gasteiger partial charge on any atom is 0.274 e. The number of hydroxylamine groups is 1. The summed E-state index contributed by atoms with van der Waals surface area (Å²) in [6.07, 6.45) is 1.23. The lowest BCUT2D eigenvalue weighted by molar-refractivity contribution is 0.0706. The molecule has 0 saturated carbocycles. The first kappa shape index (κ1) is 11.5.